The van der Waals surface area contributed by atoms with Crippen LogP contribution in [0.3, 0.4) is 0 Å². The van der Waals surface area contributed by atoms with E-state index in [-0.39, 0.29) is 0 Å². The molecule has 8 heteroatoms. The molecular weight excluding hydrogens is 336 g/mol. The Labute approximate surface area is 145 Å². The molecule has 0 amide bonds. The smallest absolute Gasteiger partial charge is 0.220 e. The molecule has 0 spiro atoms. The van der Waals surface area contributed by atoms with Gasteiger partial charge in [-0.2, -0.15) is 4.68 Å². The van der Waals surface area contributed by atoms with Gasteiger partial charge in [0.25, 0.3) is 0 Å². The molecule has 25 heavy (non-hydrogen) atoms. The first-order valence-electron chi connectivity index (χ1n) is 7.54. The Morgan fingerprint density at radius 1 is 0.920 bits per heavy atom. The van der Waals surface area contributed by atoms with Crippen LogP contribution in [0.15, 0.2) is 75.5 Å². The van der Waals surface area contributed by atoms with E-state index in [1.54, 1.807) is 4.68 Å². The van der Waals surface area contributed by atoms with Gasteiger partial charge in [0.1, 0.15) is 17.4 Å². The third kappa shape index (κ3) is 2.34. The second-order valence-corrected chi connectivity index (χ2v) is 6.22. The number of tetrazole rings is 1. The molecule has 0 saturated heterocycles. The quantitative estimate of drug-likeness (QED) is 0.462. The Balaban J connectivity index is 1.63. The summed E-state index contributed by atoms with van der Waals surface area (Å²) in [5.74, 6) is 0. The summed E-state index contributed by atoms with van der Waals surface area (Å²) in [6, 6.07) is 17.5. The fourth-order valence-corrected chi connectivity index (χ4v) is 3.45. The maximum absolute atomic E-state index is 5.95. The molecule has 0 aliphatic carbocycles. The minimum absolute atomic E-state index is 0.603. The van der Waals surface area contributed by atoms with Gasteiger partial charge < -0.3 is 4.42 Å². The average molecular weight is 346 g/mol. The Kier molecular flexibility index (Phi) is 3.20. The number of furan rings is 1. The van der Waals surface area contributed by atoms with Crippen LogP contribution in [0.5, 0.6) is 0 Å². The van der Waals surface area contributed by atoms with Crippen LogP contribution in [0, 0.1) is 0 Å². The number of fused-ring (bicyclic) bond motifs is 3. The van der Waals surface area contributed by atoms with Crippen LogP contribution in [0.25, 0.3) is 27.8 Å². The maximum Gasteiger partial charge on any atom is 0.220 e. The number of nitrogens with zero attached hydrogens (tertiary/aromatic N) is 6. The number of hydrogen-bond donors (Lipinski definition) is 0. The van der Waals surface area contributed by atoms with E-state index in [0.29, 0.717) is 15.8 Å². The second-order valence-electron chi connectivity index (χ2n) is 5.27. The van der Waals surface area contributed by atoms with E-state index < -0.39 is 0 Å². The zero-order valence-corrected chi connectivity index (χ0v) is 13.6. The van der Waals surface area contributed by atoms with Crippen molar-refractivity contribution in [2.24, 2.45) is 0 Å². The Morgan fingerprint density at radius 3 is 2.68 bits per heavy atom. The van der Waals surface area contributed by atoms with Gasteiger partial charge in [0, 0.05) is 5.39 Å². The Hall–Kier alpha value is -3.26. The van der Waals surface area contributed by atoms with Crippen molar-refractivity contribution in [3.63, 3.8) is 0 Å². The monoisotopic (exact) mass is 346 g/mol. The van der Waals surface area contributed by atoms with Crippen LogP contribution >= 0.6 is 11.8 Å². The van der Waals surface area contributed by atoms with Gasteiger partial charge in [-0.25, -0.2) is 9.97 Å². The molecule has 0 aliphatic heterocycles. The number of aromatic nitrogens is 6. The van der Waals surface area contributed by atoms with Crippen molar-refractivity contribution in [3.8, 4) is 5.69 Å². The Bertz CT molecular complexity index is 1180. The van der Waals surface area contributed by atoms with E-state index in [9.17, 15) is 0 Å². The first-order chi connectivity index (χ1) is 12.4. The molecule has 3 aromatic heterocycles. The molecule has 120 valence electrons. The van der Waals surface area contributed by atoms with E-state index in [1.165, 1.54) is 18.1 Å². The van der Waals surface area contributed by atoms with E-state index in [1.807, 2.05) is 54.6 Å². The lowest BCUT2D eigenvalue weighted by molar-refractivity contribution is 0.653. The number of hydrogen-bond acceptors (Lipinski definition) is 7. The summed E-state index contributed by atoms with van der Waals surface area (Å²) in [5.41, 5.74) is 3.08. The molecular formula is C17H10N6OS. The lowest BCUT2D eigenvalue weighted by Crippen LogP contribution is -1.98. The average Bonchev–Trinajstić information content (AvgIpc) is 3.27. The summed E-state index contributed by atoms with van der Waals surface area (Å²) in [6.45, 7) is 0. The van der Waals surface area contributed by atoms with Crippen LogP contribution in [0.1, 0.15) is 0 Å². The van der Waals surface area contributed by atoms with Gasteiger partial charge in [-0.1, -0.05) is 30.3 Å². The highest BCUT2D eigenvalue weighted by Crippen LogP contribution is 2.35. The first-order valence-corrected chi connectivity index (χ1v) is 8.36. The highest BCUT2D eigenvalue weighted by atomic mass is 32.2. The zero-order chi connectivity index (χ0) is 16.6. The van der Waals surface area contributed by atoms with Crippen molar-refractivity contribution in [2.75, 3.05) is 0 Å². The topological polar surface area (TPSA) is 82.5 Å². The third-order valence-electron chi connectivity index (χ3n) is 3.75. The van der Waals surface area contributed by atoms with Crippen molar-refractivity contribution in [1.29, 1.82) is 0 Å². The summed E-state index contributed by atoms with van der Waals surface area (Å²) in [6.07, 6.45) is 1.53. The molecule has 0 unspecified atom stereocenters. The van der Waals surface area contributed by atoms with Crippen molar-refractivity contribution >= 4 is 33.8 Å². The summed E-state index contributed by atoms with van der Waals surface area (Å²) in [5, 5.41) is 14.2. The molecule has 0 fully saturated rings. The van der Waals surface area contributed by atoms with Gasteiger partial charge in [-0.05, 0) is 46.5 Å². The molecule has 5 aromatic rings. The third-order valence-corrected chi connectivity index (χ3v) is 4.68. The lowest BCUT2D eigenvalue weighted by atomic mass is 10.2. The van der Waals surface area contributed by atoms with Crippen LogP contribution in [0.4, 0.5) is 0 Å². The number of para-hydroxylation sites is 2. The normalized spacial score (nSPS) is 11.4. The number of rotatable bonds is 3. The van der Waals surface area contributed by atoms with E-state index in [4.69, 9.17) is 4.42 Å². The van der Waals surface area contributed by atoms with E-state index in [2.05, 4.69) is 25.5 Å². The van der Waals surface area contributed by atoms with Crippen molar-refractivity contribution in [3.05, 3.63) is 60.9 Å². The van der Waals surface area contributed by atoms with Crippen molar-refractivity contribution in [2.45, 2.75) is 10.2 Å². The zero-order valence-electron chi connectivity index (χ0n) is 12.8. The molecule has 7 nitrogen and oxygen atoms in total. The SMILES string of the molecule is c1ccc(-n2nnnc2Sc2ncnc3c2oc2ccccc23)cc1. The van der Waals surface area contributed by atoms with Gasteiger partial charge in [-0.15, -0.1) is 5.10 Å². The molecule has 0 radical (unpaired) electrons. The van der Waals surface area contributed by atoms with E-state index in [0.717, 1.165) is 22.2 Å². The fourth-order valence-electron chi connectivity index (χ4n) is 2.64. The van der Waals surface area contributed by atoms with E-state index >= 15 is 0 Å². The van der Waals surface area contributed by atoms with Crippen LogP contribution < -0.4 is 0 Å². The molecule has 0 bridgehead atoms. The van der Waals surface area contributed by atoms with Crippen LogP contribution in [0.2, 0.25) is 0 Å². The summed E-state index contributed by atoms with van der Waals surface area (Å²) in [7, 11) is 0. The molecule has 0 atom stereocenters. The fraction of sp³-hybridized carbons (Fsp3) is 0. The summed E-state index contributed by atoms with van der Waals surface area (Å²) < 4.78 is 7.62. The predicted molar refractivity (Wildman–Crippen MR) is 92.6 cm³/mol. The highest BCUT2D eigenvalue weighted by Gasteiger charge is 2.17. The van der Waals surface area contributed by atoms with Gasteiger partial charge in [0.05, 0.1) is 5.69 Å². The van der Waals surface area contributed by atoms with Gasteiger partial charge in [-0.3, -0.25) is 0 Å². The minimum atomic E-state index is 0.603. The molecule has 5 rings (SSSR count). The Morgan fingerprint density at radius 2 is 1.76 bits per heavy atom. The van der Waals surface area contributed by atoms with Gasteiger partial charge in [0.2, 0.25) is 5.16 Å². The lowest BCUT2D eigenvalue weighted by Gasteiger charge is -2.03. The maximum atomic E-state index is 5.95. The van der Waals surface area contributed by atoms with Crippen molar-refractivity contribution < 1.29 is 4.42 Å². The number of benzene rings is 2. The molecule has 3 heterocycles. The summed E-state index contributed by atoms with van der Waals surface area (Å²) in [4.78, 5) is 8.72. The van der Waals surface area contributed by atoms with Crippen LogP contribution in [-0.2, 0) is 0 Å². The standard InChI is InChI=1S/C17H10N6OS/c1-2-6-11(7-3-1)23-17(20-21-22-23)25-16-15-14(18-10-19-16)12-8-4-5-9-13(12)24-15/h1-10H. The van der Waals surface area contributed by atoms with Crippen molar-refractivity contribution in [1.82, 2.24) is 30.2 Å². The second kappa shape index (κ2) is 5.67. The first kappa shape index (κ1) is 14.1. The van der Waals surface area contributed by atoms with Crippen LogP contribution in [-0.4, -0.2) is 30.2 Å². The largest absolute Gasteiger partial charge is 0.451 e. The highest BCUT2D eigenvalue weighted by molar-refractivity contribution is 7.99. The molecule has 0 saturated carbocycles. The molecule has 0 aliphatic rings. The van der Waals surface area contributed by atoms with Gasteiger partial charge >= 0.3 is 0 Å². The van der Waals surface area contributed by atoms with Gasteiger partial charge in [0.15, 0.2) is 10.6 Å². The summed E-state index contributed by atoms with van der Waals surface area (Å²) >= 11 is 1.34. The predicted octanol–water partition coefficient (Wildman–Crippen LogP) is 3.50. The molecule has 0 N–H and O–H groups in total. The minimum Gasteiger partial charge on any atom is -0.451 e. The molecule has 2 aromatic carbocycles.